The minimum Gasteiger partial charge on any atom is -0.368 e. The van der Waals surface area contributed by atoms with Gasteiger partial charge in [0.25, 0.3) is 5.91 Å². The number of amides is 2. The van der Waals surface area contributed by atoms with Gasteiger partial charge in [0.05, 0.1) is 11.0 Å². The molecule has 0 saturated carbocycles. The number of ether oxygens (including phenoxy) is 1. The third-order valence-electron chi connectivity index (χ3n) is 4.92. The van der Waals surface area contributed by atoms with Crippen molar-refractivity contribution in [3.8, 4) is 0 Å². The zero-order valence-electron chi connectivity index (χ0n) is 14.0. The van der Waals surface area contributed by atoms with Gasteiger partial charge in [0.1, 0.15) is 12.1 Å². The van der Waals surface area contributed by atoms with Crippen LogP contribution in [0.2, 0.25) is 0 Å². The Morgan fingerprint density at radius 3 is 2.88 bits per heavy atom. The molecule has 2 atom stereocenters. The maximum absolute atomic E-state index is 12.8. The number of piperidine rings is 1. The lowest BCUT2D eigenvalue weighted by molar-refractivity contribution is -0.148. The number of nitrogens with zero attached hydrogens (tertiary/aromatic N) is 2. The second-order valence-electron chi connectivity index (χ2n) is 6.64. The average molecular weight is 342 g/mol. The van der Waals surface area contributed by atoms with Crippen LogP contribution in [0, 0.1) is 0 Å². The van der Waals surface area contributed by atoms with E-state index in [1.54, 1.807) is 4.90 Å². The Labute approximate surface area is 145 Å². The summed E-state index contributed by atoms with van der Waals surface area (Å²) in [4.78, 5) is 34.6. The molecule has 0 aliphatic carbocycles. The lowest BCUT2D eigenvalue weighted by atomic mass is 10.00. The largest absolute Gasteiger partial charge is 0.368 e. The van der Waals surface area contributed by atoms with Crippen LogP contribution in [0.4, 0.5) is 5.95 Å². The van der Waals surface area contributed by atoms with Gasteiger partial charge in [-0.1, -0.05) is 12.1 Å². The summed E-state index contributed by atoms with van der Waals surface area (Å²) in [7, 11) is 0. The Kier molecular flexibility index (Phi) is 4.40. The van der Waals surface area contributed by atoms with Crippen LogP contribution in [0.3, 0.4) is 0 Å². The van der Waals surface area contributed by atoms with E-state index in [-0.39, 0.29) is 17.9 Å². The van der Waals surface area contributed by atoms with E-state index in [9.17, 15) is 9.59 Å². The molecule has 1 aromatic heterocycles. The summed E-state index contributed by atoms with van der Waals surface area (Å²) in [6.07, 6.45) is 3.79. The van der Waals surface area contributed by atoms with Crippen molar-refractivity contribution in [2.45, 2.75) is 44.2 Å². The van der Waals surface area contributed by atoms with Crippen molar-refractivity contribution in [2.75, 3.05) is 18.5 Å². The fourth-order valence-electron chi connectivity index (χ4n) is 3.64. The van der Waals surface area contributed by atoms with Crippen LogP contribution in [-0.2, 0) is 14.3 Å². The number of benzene rings is 1. The first-order valence-corrected chi connectivity index (χ1v) is 8.90. The highest BCUT2D eigenvalue weighted by atomic mass is 16.5. The highest BCUT2D eigenvalue weighted by molar-refractivity contribution is 5.97. The number of anilines is 1. The first kappa shape index (κ1) is 16.1. The molecule has 2 fully saturated rings. The van der Waals surface area contributed by atoms with Crippen LogP contribution >= 0.6 is 0 Å². The maximum atomic E-state index is 12.8. The summed E-state index contributed by atoms with van der Waals surface area (Å²) >= 11 is 0. The number of carbonyl (C=O) groups excluding carboxylic acids is 2. The number of H-pyrrole nitrogens is 1. The van der Waals surface area contributed by atoms with Crippen LogP contribution in [0.15, 0.2) is 24.3 Å². The van der Waals surface area contributed by atoms with Gasteiger partial charge in [-0.25, -0.2) is 4.98 Å². The normalized spacial score (nSPS) is 23.8. The van der Waals surface area contributed by atoms with E-state index >= 15 is 0 Å². The molecule has 2 N–H and O–H groups in total. The molecule has 0 spiro atoms. The number of hydrogen-bond acceptors (Lipinski definition) is 4. The Bertz CT molecular complexity index is 748. The summed E-state index contributed by atoms with van der Waals surface area (Å²) in [5.74, 6) is 0.174. The second-order valence-corrected chi connectivity index (χ2v) is 6.64. The maximum Gasteiger partial charge on any atom is 0.252 e. The van der Waals surface area contributed by atoms with Crippen molar-refractivity contribution in [3.05, 3.63) is 24.3 Å². The summed E-state index contributed by atoms with van der Waals surface area (Å²) in [5.41, 5.74) is 1.67. The summed E-state index contributed by atoms with van der Waals surface area (Å²) in [5, 5.41) is 2.84. The number of aromatic amines is 1. The molecule has 7 heteroatoms. The number of likely N-dealkylation sites (tertiary alicyclic amines) is 1. The molecule has 0 radical (unpaired) electrons. The zero-order chi connectivity index (χ0) is 17.2. The number of fused-ring (bicyclic) bond motifs is 1. The van der Waals surface area contributed by atoms with E-state index in [1.807, 2.05) is 24.3 Å². The molecular formula is C18H22N4O3. The second kappa shape index (κ2) is 6.84. The predicted octanol–water partition coefficient (Wildman–Crippen LogP) is 2.06. The number of nitrogens with one attached hydrogen (secondary N) is 2. The summed E-state index contributed by atoms with van der Waals surface area (Å²) < 4.78 is 5.51. The van der Waals surface area contributed by atoms with Gasteiger partial charge >= 0.3 is 0 Å². The SMILES string of the molecule is O=C(Nc1nc2ccccc2[nH]1)C1CCCCN1C(=O)C1CCCO1. The van der Waals surface area contributed by atoms with Crippen molar-refractivity contribution < 1.29 is 14.3 Å². The Morgan fingerprint density at radius 2 is 2.08 bits per heavy atom. The topological polar surface area (TPSA) is 87.3 Å². The fourth-order valence-corrected chi connectivity index (χ4v) is 3.64. The quantitative estimate of drug-likeness (QED) is 0.894. The van der Waals surface area contributed by atoms with Crippen LogP contribution in [-0.4, -0.2) is 52.0 Å². The molecule has 7 nitrogen and oxygen atoms in total. The third-order valence-corrected chi connectivity index (χ3v) is 4.92. The molecule has 2 aliphatic heterocycles. The summed E-state index contributed by atoms with van der Waals surface area (Å²) in [6, 6.07) is 7.15. The minimum atomic E-state index is -0.460. The lowest BCUT2D eigenvalue weighted by Gasteiger charge is -2.35. The number of carbonyl (C=O) groups is 2. The number of imidazole rings is 1. The number of para-hydroxylation sites is 2. The van der Waals surface area contributed by atoms with E-state index in [1.165, 1.54) is 0 Å². The highest BCUT2D eigenvalue weighted by Crippen LogP contribution is 2.23. The van der Waals surface area contributed by atoms with E-state index in [2.05, 4.69) is 15.3 Å². The number of rotatable bonds is 3. The average Bonchev–Trinajstić information content (AvgIpc) is 3.30. The van der Waals surface area contributed by atoms with Crippen molar-refractivity contribution >= 4 is 28.8 Å². The molecule has 2 aliphatic rings. The molecule has 132 valence electrons. The summed E-state index contributed by atoms with van der Waals surface area (Å²) in [6.45, 7) is 1.23. The molecule has 4 rings (SSSR count). The molecule has 1 aromatic carbocycles. The predicted molar refractivity (Wildman–Crippen MR) is 93.0 cm³/mol. The van der Waals surface area contributed by atoms with E-state index < -0.39 is 6.04 Å². The van der Waals surface area contributed by atoms with Crippen molar-refractivity contribution in [2.24, 2.45) is 0 Å². The van der Waals surface area contributed by atoms with Crippen LogP contribution in [0.1, 0.15) is 32.1 Å². The van der Waals surface area contributed by atoms with Crippen LogP contribution in [0.5, 0.6) is 0 Å². The molecular weight excluding hydrogens is 320 g/mol. The van der Waals surface area contributed by atoms with Gasteiger partial charge in [-0.15, -0.1) is 0 Å². The Morgan fingerprint density at radius 1 is 1.20 bits per heavy atom. The fraction of sp³-hybridized carbons (Fsp3) is 0.500. The van der Waals surface area contributed by atoms with Gasteiger partial charge in [-0.3, -0.25) is 14.9 Å². The molecule has 2 amide bonds. The molecule has 2 saturated heterocycles. The van der Waals surface area contributed by atoms with Gasteiger partial charge in [-0.2, -0.15) is 0 Å². The van der Waals surface area contributed by atoms with E-state index in [4.69, 9.17) is 4.74 Å². The van der Waals surface area contributed by atoms with Crippen molar-refractivity contribution in [3.63, 3.8) is 0 Å². The number of hydrogen-bond donors (Lipinski definition) is 2. The van der Waals surface area contributed by atoms with E-state index in [0.717, 1.165) is 36.7 Å². The standard InChI is InChI=1S/C18H22N4O3/c23-16(21-18-19-12-6-1-2-7-13(12)20-18)14-8-3-4-10-22(14)17(24)15-9-5-11-25-15/h1-2,6-7,14-15H,3-5,8-11H2,(H2,19,20,21,23). The molecule has 2 unspecified atom stereocenters. The van der Waals surface area contributed by atoms with Crippen LogP contribution < -0.4 is 5.32 Å². The van der Waals surface area contributed by atoms with Gasteiger partial charge in [-0.05, 0) is 44.2 Å². The molecule has 2 aromatic rings. The molecule has 0 bridgehead atoms. The van der Waals surface area contributed by atoms with Gasteiger partial charge < -0.3 is 14.6 Å². The monoisotopic (exact) mass is 342 g/mol. The lowest BCUT2D eigenvalue weighted by Crippen LogP contribution is -2.53. The Hall–Kier alpha value is -2.41. The zero-order valence-corrected chi connectivity index (χ0v) is 14.0. The first-order chi connectivity index (χ1) is 12.2. The molecule has 25 heavy (non-hydrogen) atoms. The third kappa shape index (κ3) is 3.24. The first-order valence-electron chi connectivity index (χ1n) is 8.90. The minimum absolute atomic E-state index is 0.0537. The van der Waals surface area contributed by atoms with Crippen molar-refractivity contribution in [1.29, 1.82) is 0 Å². The van der Waals surface area contributed by atoms with Crippen LogP contribution in [0.25, 0.3) is 11.0 Å². The van der Waals surface area contributed by atoms with Gasteiger partial charge in [0.2, 0.25) is 11.9 Å². The van der Waals surface area contributed by atoms with Gasteiger partial charge in [0, 0.05) is 13.2 Å². The van der Waals surface area contributed by atoms with Crippen molar-refractivity contribution in [1.82, 2.24) is 14.9 Å². The van der Waals surface area contributed by atoms with E-state index in [0.29, 0.717) is 25.5 Å². The van der Waals surface area contributed by atoms with Gasteiger partial charge in [0.15, 0.2) is 0 Å². The smallest absolute Gasteiger partial charge is 0.252 e. The Balaban J connectivity index is 1.49. The molecule has 3 heterocycles. The highest BCUT2D eigenvalue weighted by Gasteiger charge is 2.37. The number of aromatic nitrogens is 2.